The molecule has 0 aromatic carbocycles. The normalized spacial score (nSPS) is 13.6. The van der Waals surface area contributed by atoms with E-state index in [9.17, 15) is 4.79 Å². The van der Waals surface area contributed by atoms with Crippen molar-refractivity contribution in [1.82, 2.24) is 4.90 Å². The predicted molar refractivity (Wildman–Crippen MR) is 79.6 cm³/mol. The van der Waals surface area contributed by atoms with Crippen LogP contribution in [0.3, 0.4) is 0 Å². The third-order valence-electron chi connectivity index (χ3n) is 2.67. The Kier molecular flexibility index (Phi) is 7.55. The van der Waals surface area contributed by atoms with Gasteiger partial charge in [-0.25, -0.2) is 4.79 Å². The van der Waals surface area contributed by atoms with E-state index in [-0.39, 0.29) is 12.1 Å². The van der Waals surface area contributed by atoms with Gasteiger partial charge < -0.3 is 15.4 Å². The van der Waals surface area contributed by atoms with Gasteiger partial charge in [0.1, 0.15) is 0 Å². The summed E-state index contributed by atoms with van der Waals surface area (Å²) in [5, 5.41) is 0. The van der Waals surface area contributed by atoms with Gasteiger partial charge in [-0.2, -0.15) is 0 Å². The Bertz CT molecular complexity index is 252. The van der Waals surface area contributed by atoms with Crippen LogP contribution in [0.2, 0.25) is 25.7 Å². The molecule has 0 aliphatic carbocycles. The van der Waals surface area contributed by atoms with Gasteiger partial charge in [0.15, 0.2) is 0 Å². The summed E-state index contributed by atoms with van der Waals surface area (Å²) < 4.78 is 5.25. The maximum Gasteiger partial charge on any atom is 0.409 e. The van der Waals surface area contributed by atoms with Crippen LogP contribution >= 0.6 is 0 Å². The summed E-state index contributed by atoms with van der Waals surface area (Å²) in [6.45, 7) is 12.1. The van der Waals surface area contributed by atoms with Crippen molar-refractivity contribution in [3.63, 3.8) is 0 Å². The minimum atomic E-state index is -1.13. The Balaban J connectivity index is 3.89. The van der Waals surface area contributed by atoms with Crippen LogP contribution in [0.5, 0.6) is 0 Å². The van der Waals surface area contributed by atoms with Crippen molar-refractivity contribution in [3.05, 3.63) is 0 Å². The van der Waals surface area contributed by atoms with Gasteiger partial charge in [0.2, 0.25) is 0 Å². The molecule has 0 radical (unpaired) electrons. The van der Waals surface area contributed by atoms with Crippen molar-refractivity contribution in [2.24, 2.45) is 11.7 Å². The lowest BCUT2D eigenvalue weighted by molar-refractivity contribution is 0.113. The Labute approximate surface area is 113 Å². The molecule has 1 atom stereocenters. The van der Waals surface area contributed by atoms with E-state index in [2.05, 4.69) is 33.5 Å². The number of carbonyl (C=O) groups excluding carboxylic acids is 1. The van der Waals surface area contributed by atoms with Crippen molar-refractivity contribution in [3.8, 4) is 0 Å². The van der Waals surface area contributed by atoms with E-state index in [1.807, 2.05) is 0 Å². The number of rotatable bonds is 7. The molecule has 0 rings (SSSR count). The zero-order valence-electron chi connectivity index (χ0n) is 12.8. The standard InChI is InChI=1S/C13H30N2O2Si/c1-11(2)9-12(14)10-15(3)13(16)17-7-8-18(4,5)6/h11-12H,7-10,14H2,1-6H3. The molecule has 0 heterocycles. The molecule has 0 saturated carbocycles. The van der Waals surface area contributed by atoms with E-state index >= 15 is 0 Å². The zero-order valence-corrected chi connectivity index (χ0v) is 13.8. The number of nitrogens with two attached hydrogens (primary N) is 1. The fraction of sp³-hybridized carbons (Fsp3) is 0.923. The first-order chi connectivity index (χ1) is 8.11. The quantitative estimate of drug-likeness (QED) is 0.726. The maximum atomic E-state index is 11.7. The van der Waals surface area contributed by atoms with E-state index in [4.69, 9.17) is 10.5 Å². The van der Waals surface area contributed by atoms with E-state index in [1.54, 1.807) is 11.9 Å². The van der Waals surface area contributed by atoms with Crippen LogP contribution in [0, 0.1) is 5.92 Å². The summed E-state index contributed by atoms with van der Waals surface area (Å²) in [6.07, 6.45) is 0.666. The van der Waals surface area contributed by atoms with Crippen LogP contribution in [0.4, 0.5) is 4.79 Å². The second-order valence-corrected chi connectivity index (χ2v) is 12.3. The monoisotopic (exact) mass is 274 g/mol. The molecule has 0 aliphatic heterocycles. The van der Waals surface area contributed by atoms with Crippen molar-refractivity contribution >= 4 is 14.2 Å². The summed E-state index contributed by atoms with van der Waals surface area (Å²) in [5.41, 5.74) is 5.97. The fourth-order valence-electron chi connectivity index (χ4n) is 1.66. The number of ether oxygens (including phenoxy) is 1. The first-order valence-electron chi connectivity index (χ1n) is 6.75. The lowest BCUT2D eigenvalue weighted by atomic mass is 10.0. The van der Waals surface area contributed by atoms with E-state index in [0.29, 0.717) is 19.1 Å². The molecule has 0 fully saturated rings. The zero-order chi connectivity index (χ0) is 14.3. The van der Waals surface area contributed by atoms with Gasteiger partial charge in [-0.3, -0.25) is 0 Å². The Hall–Kier alpha value is -0.553. The molecule has 4 nitrogen and oxygen atoms in total. The van der Waals surface area contributed by atoms with E-state index in [1.165, 1.54) is 0 Å². The molecule has 18 heavy (non-hydrogen) atoms. The SMILES string of the molecule is CC(C)CC(N)CN(C)C(=O)OCC[Si](C)(C)C. The smallest absolute Gasteiger partial charge is 0.409 e. The van der Waals surface area contributed by atoms with Gasteiger partial charge in [0.05, 0.1) is 6.61 Å². The summed E-state index contributed by atoms with van der Waals surface area (Å²) >= 11 is 0. The van der Waals surface area contributed by atoms with Crippen LogP contribution in [-0.2, 0) is 4.74 Å². The number of nitrogens with zero attached hydrogens (tertiary/aromatic N) is 1. The molecule has 108 valence electrons. The predicted octanol–water partition coefficient (Wildman–Crippen LogP) is 2.77. The molecule has 0 aromatic heterocycles. The highest BCUT2D eigenvalue weighted by Gasteiger charge is 2.17. The lowest BCUT2D eigenvalue weighted by Crippen LogP contribution is -2.40. The minimum Gasteiger partial charge on any atom is -0.450 e. The average Bonchev–Trinajstić information content (AvgIpc) is 2.13. The highest BCUT2D eigenvalue weighted by Crippen LogP contribution is 2.09. The molecule has 0 aliphatic rings. The topological polar surface area (TPSA) is 55.6 Å². The Morgan fingerprint density at radius 3 is 2.33 bits per heavy atom. The average molecular weight is 274 g/mol. The van der Waals surface area contributed by atoms with Crippen LogP contribution < -0.4 is 5.73 Å². The third-order valence-corrected chi connectivity index (χ3v) is 4.38. The molecule has 2 N–H and O–H groups in total. The second kappa shape index (κ2) is 7.79. The Morgan fingerprint density at radius 1 is 1.33 bits per heavy atom. The number of carbonyl (C=O) groups is 1. The van der Waals surface area contributed by atoms with Gasteiger partial charge >= 0.3 is 6.09 Å². The first kappa shape index (κ1) is 17.4. The summed E-state index contributed by atoms with van der Waals surface area (Å²) in [6, 6.07) is 1.03. The van der Waals surface area contributed by atoms with Gasteiger partial charge in [-0.05, 0) is 18.4 Å². The molecule has 1 amide bonds. The number of amides is 1. The molecule has 1 unspecified atom stereocenters. The molecule has 0 bridgehead atoms. The second-order valence-electron chi connectivity index (χ2n) is 6.70. The molecular formula is C13H30N2O2Si. The van der Waals surface area contributed by atoms with Crippen LogP contribution in [0.25, 0.3) is 0 Å². The summed E-state index contributed by atoms with van der Waals surface area (Å²) in [4.78, 5) is 13.3. The van der Waals surface area contributed by atoms with Gasteiger partial charge in [0, 0.05) is 27.7 Å². The fourth-order valence-corrected chi connectivity index (χ4v) is 2.38. The van der Waals surface area contributed by atoms with E-state index in [0.717, 1.165) is 12.5 Å². The van der Waals surface area contributed by atoms with Gasteiger partial charge in [0.25, 0.3) is 0 Å². The Morgan fingerprint density at radius 2 is 1.89 bits per heavy atom. The highest BCUT2D eigenvalue weighted by molar-refractivity contribution is 6.76. The summed E-state index contributed by atoms with van der Waals surface area (Å²) in [7, 11) is 0.614. The molecular weight excluding hydrogens is 244 g/mol. The van der Waals surface area contributed by atoms with Crippen molar-refractivity contribution < 1.29 is 9.53 Å². The third kappa shape index (κ3) is 9.47. The largest absolute Gasteiger partial charge is 0.450 e. The number of hydrogen-bond acceptors (Lipinski definition) is 3. The molecule has 5 heteroatoms. The number of likely N-dealkylation sites (N-methyl/N-ethyl adjacent to an activating group) is 1. The van der Waals surface area contributed by atoms with Crippen molar-refractivity contribution in [2.75, 3.05) is 20.2 Å². The lowest BCUT2D eigenvalue weighted by Gasteiger charge is -2.23. The summed E-state index contributed by atoms with van der Waals surface area (Å²) in [5.74, 6) is 0.552. The van der Waals surface area contributed by atoms with E-state index < -0.39 is 8.07 Å². The highest BCUT2D eigenvalue weighted by atomic mass is 28.3. The van der Waals surface area contributed by atoms with Crippen LogP contribution in [0.15, 0.2) is 0 Å². The van der Waals surface area contributed by atoms with Crippen LogP contribution in [-0.4, -0.2) is 45.3 Å². The van der Waals surface area contributed by atoms with Crippen LogP contribution in [0.1, 0.15) is 20.3 Å². The molecule has 0 aromatic rings. The minimum absolute atomic E-state index is 0.0274. The van der Waals surface area contributed by atoms with Gasteiger partial charge in [-0.1, -0.05) is 33.5 Å². The maximum absolute atomic E-state index is 11.7. The van der Waals surface area contributed by atoms with Gasteiger partial charge in [-0.15, -0.1) is 0 Å². The van der Waals surface area contributed by atoms with Crippen molar-refractivity contribution in [1.29, 1.82) is 0 Å². The molecule has 0 spiro atoms. The van der Waals surface area contributed by atoms with Crippen molar-refractivity contribution in [2.45, 2.75) is 52.0 Å². The first-order valence-corrected chi connectivity index (χ1v) is 10.5. The number of hydrogen-bond donors (Lipinski definition) is 1. The molecule has 0 saturated heterocycles.